The molecule has 0 aromatic rings. The molecule has 0 aromatic carbocycles. The Morgan fingerprint density at radius 2 is 0.562 bits per heavy atom. The Balaban J connectivity index is 3.02. The van der Waals surface area contributed by atoms with Crippen molar-refractivity contribution in [2.45, 2.75) is 173 Å². The predicted molar refractivity (Wildman–Crippen MR) is 157 cm³/mol. The molecule has 0 unspecified atom stereocenters. The normalized spacial score (nSPS) is 12.0. The van der Waals surface area contributed by atoms with E-state index in [1.807, 2.05) is 6.55 Å². The number of alkyl halides is 1. The van der Waals surface area contributed by atoms with E-state index in [2.05, 4.69) is 15.9 Å². The van der Waals surface area contributed by atoms with E-state index < -0.39 is 6.69 Å². The van der Waals surface area contributed by atoms with E-state index in [0.717, 1.165) is 6.04 Å². The minimum Gasteiger partial charge on any atom is -0.146 e. The first kappa shape index (κ1) is 33.3. The Kier molecular flexibility index (Phi) is 27.9. The van der Waals surface area contributed by atoms with Gasteiger partial charge in [0.25, 0.3) is 0 Å². The molecule has 32 heavy (non-hydrogen) atoms. The van der Waals surface area contributed by atoms with Crippen LogP contribution in [0, 0.1) is 0 Å². The van der Waals surface area contributed by atoms with E-state index in [4.69, 9.17) is 22.2 Å². The van der Waals surface area contributed by atoms with Crippen LogP contribution in [0.3, 0.4) is 0 Å². The molecule has 0 aliphatic heterocycles. The van der Waals surface area contributed by atoms with Gasteiger partial charge in [0.2, 0.25) is 6.69 Å². The van der Waals surface area contributed by atoms with Gasteiger partial charge in [-0.1, -0.05) is 170 Å². The fourth-order valence-electron chi connectivity index (χ4n) is 4.60. The molecule has 0 fully saturated rings. The highest BCUT2D eigenvalue weighted by atomic mass is 79.9. The molecule has 0 amide bonds. The minimum atomic E-state index is -1.83. The molecule has 0 nitrogen and oxygen atoms in total. The third-order valence-electron chi connectivity index (χ3n) is 6.75. The van der Waals surface area contributed by atoms with E-state index in [1.54, 1.807) is 0 Å². The van der Waals surface area contributed by atoms with Crippen molar-refractivity contribution in [3.63, 3.8) is 0 Å². The maximum atomic E-state index is 6.14. The zero-order valence-electron chi connectivity index (χ0n) is 21.7. The average molecular weight is 573 g/mol. The van der Waals surface area contributed by atoms with E-state index in [9.17, 15) is 0 Å². The molecule has 0 spiro atoms. The van der Waals surface area contributed by atoms with Gasteiger partial charge in [0.1, 0.15) is 0 Å². The fourth-order valence-corrected chi connectivity index (χ4v) is 6.66. The lowest BCUT2D eigenvalue weighted by Crippen LogP contribution is -2.11. The van der Waals surface area contributed by atoms with Crippen LogP contribution in [0.2, 0.25) is 12.6 Å². The van der Waals surface area contributed by atoms with Gasteiger partial charge in [0.05, 0.1) is 0 Å². The highest BCUT2D eigenvalue weighted by molar-refractivity contribution is 9.09. The maximum absolute atomic E-state index is 6.14. The lowest BCUT2D eigenvalue weighted by Gasteiger charge is -2.09. The Labute approximate surface area is 222 Å². The summed E-state index contributed by atoms with van der Waals surface area (Å²) in [5, 5.41) is 1.18. The molecule has 0 bridgehead atoms. The SMILES string of the molecule is C[Si](Cl)(Cl)CCCCCCCCCCCCCCCCCCCCCCCCCCCBr. The summed E-state index contributed by atoms with van der Waals surface area (Å²) < 4.78 is 0. The summed E-state index contributed by atoms with van der Waals surface area (Å²) in [7, 11) is 0. The highest BCUT2D eigenvalue weighted by Crippen LogP contribution is 2.23. The van der Waals surface area contributed by atoms with E-state index in [-0.39, 0.29) is 0 Å². The molecule has 0 aliphatic carbocycles. The number of hydrogen-bond acceptors (Lipinski definition) is 0. The van der Waals surface area contributed by atoms with Crippen molar-refractivity contribution >= 4 is 44.8 Å². The highest BCUT2D eigenvalue weighted by Gasteiger charge is 2.19. The molecule has 0 aliphatic rings. The Morgan fingerprint density at radius 3 is 0.750 bits per heavy atom. The van der Waals surface area contributed by atoms with Crippen LogP contribution < -0.4 is 0 Å². The molecule has 4 heteroatoms. The third kappa shape index (κ3) is 31.3. The summed E-state index contributed by atoms with van der Waals surface area (Å²) in [5.74, 6) is 0. The summed E-state index contributed by atoms with van der Waals surface area (Å²) in [6.45, 7) is 0.203. The Hall–Kier alpha value is 1.28. The van der Waals surface area contributed by atoms with Gasteiger partial charge in [-0.2, -0.15) is 0 Å². The molecule has 0 N–H and O–H groups in total. The molecule has 0 saturated heterocycles. The predicted octanol–water partition coefficient (Wildman–Crippen LogP) is 12.7. The quantitative estimate of drug-likeness (QED) is 0.0397. The summed E-state index contributed by atoms with van der Waals surface area (Å²) in [6, 6.07) is 1.06. The van der Waals surface area contributed by atoms with Gasteiger partial charge in [-0.3, -0.25) is 0 Å². The molecule has 0 radical (unpaired) electrons. The van der Waals surface area contributed by atoms with Crippen molar-refractivity contribution in [1.82, 2.24) is 0 Å². The van der Waals surface area contributed by atoms with Gasteiger partial charge in [-0.05, 0) is 19.0 Å². The molecular weight excluding hydrogens is 515 g/mol. The topological polar surface area (TPSA) is 0 Å². The standard InChI is InChI=1S/C28H57BrCl2Si/c1-32(30,31)28-26-24-22-20-18-16-14-12-10-8-6-4-2-3-5-7-9-11-13-15-17-19-21-23-25-27-29/h2-28H2,1H3. The van der Waals surface area contributed by atoms with Crippen LogP contribution in [0.5, 0.6) is 0 Å². The lowest BCUT2D eigenvalue weighted by molar-refractivity contribution is 0.517. The molecule has 0 atom stereocenters. The second-order valence-corrected chi connectivity index (χ2v) is 19.4. The fraction of sp³-hybridized carbons (Fsp3) is 1.00. The van der Waals surface area contributed by atoms with Gasteiger partial charge in [-0.15, -0.1) is 22.2 Å². The average Bonchev–Trinajstić information content (AvgIpc) is 2.75. The van der Waals surface area contributed by atoms with Gasteiger partial charge in [-0.25, -0.2) is 0 Å². The van der Waals surface area contributed by atoms with Crippen molar-refractivity contribution in [2.75, 3.05) is 5.33 Å². The van der Waals surface area contributed by atoms with Crippen LogP contribution in [0.1, 0.15) is 161 Å². The van der Waals surface area contributed by atoms with Crippen LogP contribution in [0.25, 0.3) is 0 Å². The number of halogens is 3. The van der Waals surface area contributed by atoms with Gasteiger partial charge >= 0.3 is 0 Å². The molecule has 0 rings (SSSR count). The number of unbranched alkanes of at least 4 members (excludes halogenated alkanes) is 24. The first-order valence-corrected chi connectivity index (χ1v) is 20.4. The summed E-state index contributed by atoms with van der Waals surface area (Å²) in [5.41, 5.74) is 0. The monoisotopic (exact) mass is 570 g/mol. The first-order chi connectivity index (χ1) is 15.6. The van der Waals surface area contributed by atoms with E-state index in [1.165, 1.54) is 166 Å². The lowest BCUT2D eigenvalue weighted by atomic mass is 10.0. The Morgan fingerprint density at radius 1 is 0.375 bits per heavy atom. The van der Waals surface area contributed by atoms with E-state index in [0.29, 0.717) is 0 Å². The van der Waals surface area contributed by atoms with Gasteiger partial charge < -0.3 is 0 Å². The zero-order valence-corrected chi connectivity index (χ0v) is 25.8. The van der Waals surface area contributed by atoms with Gasteiger partial charge in [0.15, 0.2) is 0 Å². The second-order valence-electron chi connectivity index (χ2n) is 10.3. The second kappa shape index (κ2) is 26.9. The first-order valence-electron chi connectivity index (χ1n) is 14.5. The van der Waals surface area contributed by atoms with Crippen LogP contribution in [-0.2, 0) is 0 Å². The van der Waals surface area contributed by atoms with Crippen LogP contribution in [-0.4, -0.2) is 12.0 Å². The Bertz CT molecular complexity index is 347. The van der Waals surface area contributed by atoms with Crippen molar-refractivity contribution in [2.24, 2.45) is 0 Å². The van der Waals surface area contributed by atoms with Crippen LogP contribution in [0.15, 0.2) is 0 Å². The summed E-state index contributed by atoms with van der Waals surface area (Å²) in [6.07, 6.45) is 35.9. The van der Waals surface area contributed by atoms with Crippen molar-refractivity contribution in [3.05, 3.63) is 0 Å². The molecular formula is C28H57BrCl2Si. The number of hydrogen-bond donors (Lipinski definition) is 0. The molecule has 194 valence electrons. The minimum absolute atomic E-state index is 1.06. The number of rotatable bonds is 27. The smallest absolute Gasteiger partial charge is 0.146 e. The largest absolute Gasteiger partial charge is 0.248 e. The summed E-state index contributed by atoms with van der Waals surface area (Å²) >= 11 is 15.8. The van der Waals surface area contributed by atoms with Crippen molar-refractivity contribution in [1.29, 1.82) is 0 Å². The molecule has 0 aromatic heterocycles. The van der Waals surface area contributed by atoms with Crippen LogP contribution in [0.4, 0.5) is 0 Å². The van der Waals surface area contributed by atoms with Crippen LogP contribution >= 0.6 is 38.1 Å². The maximum Gasteiger partial charge on any atom is 0.248 e. The summed E-state index contributed by atoms with van der Waals surface area (Å²) in [4.78, 5) is 0. The van der Waals surface area contributed by atoms with E-state index >= 15 is 0 Å². The molecule has 0 heterocycles. The van der Waals surface area contributed by atoms with Gasteiger partial charge in [0, 0.05) is 5.33 Å². The van der Waals surface area contributed by atoms with Crippen molar-refractivity contribution in [3.8, 4) is 0 Å². The molecule has 0 saturated carbocycles. The van der Waals surface area contributed by atoms with Crippen molar-refractivity contribution < 1.29 is 0 Å². The zero-order chi connectivity index (χ0) is 23.6. The third-order valence-corrected chi connectivity index (χ3v) is 9.68.